The van der Waals surface area contributed by atoms with E-state index in [4.69, 9.17) is 5.73 Å². The number of hydrogen-bond donors (Lipinski definition) is 2. The fourth-order valence-electron chi connectivity index (χ4n) is 2.04. The predicted molar refractivity (Wildman–Crippen MR) is 69.6 cm³/mol. The van der Waals surface area contributed by atoms with Crippen molar-refractivity contribution in [2.75, 3.05) is 24.6 Å². The lowest BCUT2D eigenvalue weighted by molar-refractivity contribution is 0.170. The highest BCUT2D eigenvalue weighted by molar-refractivity contribution is 9.10. The van der Waals surface area contributed by atoms with Crippen LogP contribution in [0.1, 0.15) is 12.8 Å². The Morgan fingerprint density at radius 2 is 2.06 bits per heavy atom. The van der Waals surface area contributed by atoms with Crippen LogP contribution in [0.15, 0.2) is 28.7 Å². The summed E-state index contributed by atoms with van der Waals surface area (Å²) in [4.78, 5) is 2.31. The molecule has 0 aliphatic carbocycles. The third-order valence-corrected chi connectivity index (χ3v) is 3.74. The van der Waals surface area contributed by atoms with E-state index in [2.05, 4.69) is 33.0 Å². The number of benzene rings is 1. The van der Waals surface area contributed by atoms with Crippen molar-refractivity contribution in [3.05, 3.63) is 28.7 Å². The van der Waals surface area contributed by atoms with E-state index in [9.17, 15) is 5.11 Å². The van der Waals surface area contributed by atoms with Gasteiger partial charge in [0.05, 0.1) is 6.61 Å². The first kappa shape index (κ1) is 11.9. The van der Waals surface area contributed by atoms with E-state index in [0.29, 0.717) is 0 Å². The second-order valence-electron chi connectivity index (χ2n) is 4.49. The normalized spacial score (nSPS) is 19.8. The van der Waals surface area contributed by atoms with E-state index in [1.54, 1.807) is 0 Å². The van der Waals surface area contributed by atoms with Crippen molar-refractivity contribution in [3.63, 3.8) is 0 Å². The summed E-state index contributed by atoms with van der Waals surface area (Å²) in [6, 6.07) is 8.28. The minimum absolute atomic E-state index is 0.0827. The lowest BCUT2D eigenvalue weighted by atomic mass is 9.89. The van der Waals surface area contributed by atoms with Crippen LogP contribution >= 0.6 is 15.9 Å². The maximum absolute atomic E-state index is 9.20. The molecule has 0 atom stereocenters. The lowest BCUT2D eigenvalue weighted by Crippen LogP contribution is -2.52. The summed E-state index contributed by atoms with van der Waals surface area (Å²) in [6.45, 7) is 1.90. The molecule has 4 heteroatoms. The fourth-order valence-corrected chi connectivity index (χ4v) is 2.43. The van der Waals surface area contributed by atoms with Crippen molar-refractivity contribution >= 4 is 21.6 Å². The summed E-state index contributed by atoms with van der Waals surface area (Å²) in [5.74, 6) is 0. The number of aliphatic hydroxyl groups is 1. The molecular weight excluding hydrogens is 268 g/mol. The second-order valence-corrected chi connectivity index (χ2v) is 5.40. The van der Waals surface area contributed by atoms with Gasteiger partial charge in [-0.3, -0.25) is 0 Å². The first-order chi connectivity index (χ1) is 7.63. The van der Waals surface area contributed by atoms with Gasteiger partial charge in [-0.2, -0.15) is 0 Å². The largest absolute Gasteiger partial charge is 0.394 e. The lowest BCUT2D eigenvalue weighted by Gasteiger charge is -2.39. The fraction of sp³-hybridized carbons (Fsp3) is 0.500. The predicted octanol–water partition coefficient (Wildman–Crippen LogP) is 1.74. The first-order valence-corrected chi connectivity index (χ1v) is 6.32. The molecule has 0 aromatic heterocycles. The highest BCUT2D eigenvalue weighted by Gasteiger charge is 2.29. The Kier molecular flexibility index (Phi) is 3.52. The SMILES string of the molecule is NC1(CO)CCN(c2cccc(Br)c2)CC1. The van der Waals surface area contributed by atoms with Crippen LogP contribution in [0, 0.1) is 0 Å². The number of anilines is 1. The molecule has 1 fully saturated rings. The van der Waals surface area contributed by atoms with Crippen molar-refractivity contribution in [2.45, 2.75) is 18.4 Å². The van der Waals surface area contributed by atoms with Crippen LogP contribution in [0.3, 0.4) is 0 Å². The molecule has 88 valence electrons. The number of rotatable bonds is 2. The molecule has 0 unspecified atom stereocenters. The van der Waals surface area contributed by atoms with Crippen LogP contribution in [-0.2, 0) is 0 Å². The molecule has 0 amide bonds. The van der Waals surface area contributed by atoms with Crippen LogP contribution in [0.25, 0.3) is 0 Å². The summed E-state index contributed by atoms with van der Waals surface area (Å²) >= 11 is 3.47. The first-order valence-electron chi connectivity index (χ1n) is 5.53. The summed E-state index contributed by atoms with van der Waals surface area (Å²) in [6.07, 6.45) is 1.69. The summed E-state index contributed by atoms with van der Waals surface area (Å²) in [5.41, 5.74) is 6.89. The zero-order valence-electron chi connectivity index (χ0n) is 9.19. The van der Waals surface area contributed by atoms with Gasteiger partial charge in [0.2, 0.25) is 0 Å². The van der Waals surface area contributed by atoms with E-state index in [-0.39, 0.29) is 12.1 Å². The van der Waals surface area contributed by atoms with Gasteiger partial charge in [0.15, 0.2) is 0 Å². The van der Waals surface area contributed by atoms with Crippen molar-refractivity contribution in [3.8, 4) is 0 Å². The topological polar surface area (TPSA) is 49.5 Å². The number of nitrogens with two attached hydrogens (primary N) is 1. The molecule has 1 aromatic rings. The molecule has 1 saturated heterocycles. The number of halogens is 1. The van der Waals surface area contributed by atoms with Gasteiger partial charge in [0, 0.05) is 28.8 Å². The molecule has 16 heavy (non-hydrogen) atoms. The van der Waals surface area contributed by atoms with E-state index >= 15 is 0 Å². The van der Waals surface area contributed by atoms with E-state index in [1.165, 1.54) is 5.69 Å². The average Bonchev–Trinajstić information content (AvgIpc) is 2.30. The third kappa shape index (κ3) is 2.56. The Balaban J connectivity index is 2.04. The van der Waals surface area contributed by atoms with Gasteiger partial charge in [0.25, 0.3) is 0 Å². The number of nitrogens with zero attached hydrogens (tertiary/aromatic N) is 1. The zero-order chi connectivity index (χ0) is 11.6. The molecule has 1 aliphatic rings. The van der Waals surface area contributed by atoms with Crippen LogP contribution in [0.4, 0.5) is 5.69 Å². The van der Waals surface area contributed by atoms with Crippen molar-refractivity contribution < 1.29 is 5.11 Å². The van der Waals surface area contributed by atoms with Crippen LogP contribution in [0.2, 0.25) is 0 Å². The minimum Gasteiger partial charge on any atom is -0.394 e. The second kappa shape index (κ2) is 4.73. The van der Waals surface area contributed by atoms with Crippen molar-refractivity contribution in [2.24, 2.45) is 5.73 Å². The third-order valence-electron chi connectivity index (χ3n) is 3.25. The van der Waals surface area contributed by atoms with E-state index in [0.717, 1.165) is 30.4 Å². The van der Waals surface area contributed by atoms with Crippen LogP contribution < -0.4 is 10.6 Å². The summed E-state index contributed by atoms with van der Waals surface area (Å²) in [5, 5.41) is 9.20. The number of piperidine rings is 1. The monoisotopic (exact) mass is 284 g/mol. The Hall–Kier alpha value is -0.580. The maximum Gasteiger partial charge on any atom is 0.0612 e. The molecule has 3 nitrogen and oxygen atoms in total. The van der Waals surface area contributed by atoms with Crippen molar-refractivity contribution in [1.82, 2.24) is 0 Å². The molecule has 3 N–H and O–H groups in total. The van der Waals surface area contributed by atoms with Gasteiger partial charge in [-0.05, 0) is 31.0 Å². The molecular formula is C12H17BrN2O. The Morgan fingerprint density at radius 3 is 2.62 bits per heavy atom. The number of aliphatic hydroxyl groups excluding tert-OH is 1. The quantitative estimate of drug-likeness (QED) is 0.870. The van der Waals surface area contributed by atoms with Gasteiger partial charge in [-0.15, -0.1) is 0 Å². The maximum atomic E-state index is 9.20. The van der Waals surface area contributed by atoms with Gasteiger partial charge < -0.3 is 15.7 Å². The molecule has 0 spiro atoms. The van der Waals surface area contributed by atoms with Crippen molar-refractivity contribution in [1.29, 1.82) is 0 Å². The zero-order valence-corrected chi connectivity index (χ0v) is 10.8. The van der Waals surface area contributed by atoms with Crippen LogP contribution in [-0.4, -0.2) is 30.3 Å². The van der Waals surface area contributed by atoms with Gasteiger partial charge in [-0.25, -0.2) is 0 Å². The summed E-state index contributed by atoms with van der Waals surface area (Å²) < 4.78 is 1.09. The van der Waals surface area contributed by atoms with Crippen LogP contribution in [0.5, 0.6) is 0 Å². The molecule has 2 rings (SSSR count). The van der Waals surface area contributed by atoms with E-state index < -0.39 is 0 Å². The smallest absolute Gasteiger partial charge is 0.0612 e. The minimum atomic E-state index is -0.373. The standard InChI is InChI=1S/C12H17BrN2O/c13-10-2-1-3-11(8-10)15-6-4-12(14,9-16)5-7-15/h1-3,8,16H,4-7,9,14H2. The molecule has 0 radical (unpaired) electrons. The average molecular weight is 285 g/mol. The Labute approximate surface area is 104 Å². The van der Waals surface area contributed by atoms with Gasteiger partial charge >= 0.3 is 0 Å². The Morgan fingerprint density at radius 1 is 1.38 bits per heavy atom. The number of hydrogen-bond acceptors (Lipinski definition) is 3. The molecule has 0 saturated carbocycles. The Bertz CT molecular complexity index is 362. The molecule has 1 aromatic carbocycles. The molecule has 1 heterocycles. The molecule has 1 aliphatic heterocycles. The highest BCUT2D eigenvalue weighted by atomic mass is 79.9. The van der Waals surface area contributed by atoms with Gasteiger partial charge in [0.1, 0.15) is 0 Å². The van der Waals surface area contributed by atoms with Gasteiger partial charge in [-0.1, -0.05) is 22.0 Å². The van der Waals surface area contributed by atoms with E-state index in [1.807, 2.05) is 12.1 Å². The molecule has 0 bridgehead atoms. The summed E-state index contributed by atoms with van der Waals surface area (Å²) in [7, 11) is 0. The highest BCUT2D eigenvalue weighted by Crippen LogP contribution is 2.26.